The highest BCUT2D eigenvalue weighted by molar-refractivity contribution is 7.90. The van der Waals surface area contributed by atoms with Crippen molar-refractivity contribution in [2.24, 2.45) is 5.92 Å². The molecule has 1 rings (SSSR count). The molecule has 1 aromatic carbocycles. The van der Waals surface area contributed by atoms with E-state index >= 15 is 0 Å². The van der Waals surface area contributed by atoms with Crippen molar-refractivity contribution in [3.63, 3.8) is 0 Å². The van der Waals surface area contributed by atoms with Gasteiger partial charge >= 0.3 is 0 Å². The van der Waals surface area contributed by atoms with Gasteiger partial charge in [-0.05, 0) is 36.6 Å². The molecule has 4 heteroatoms. The lowest BCUT2D eigenvalue weighted by atomic mass is 9.97. The largest absolute Gasteiger partial charge is 0.310 e. The van der Waals surface area contributed by atoms with Crippen LogP contribution >= 0.6 is 0 Å². The highest BCUT2D eigenvalue weighted by atomic mass is 32.2. The van der Waals surface area contributed by atoms with Gasteiger partial charge in [0.15, 0.2) is 9.84 Å². The first-order chi connectivity index (χ1) is 8.34. The normalized spacial score (nSPS) is 13.8. The Morgan fingerprint density at radius 3 is 2.44 bits per heavy atom. The fraction of sp³-hybridized carbons (Fsp3) is 0.571. The number of nitrogens with one attached hydrogen (secondary N) is 1. The van der Waals surface area contributed by atoms with Crippen LogP contribution in [0.2, 0.25) is 0 Å². The topological polar surface area (TPSA) is 46.2 Å². The monoisotopic (exact) mass is 269 g/mol. The molecular weight excluding hydrogens is 246 g/mol. The van der Waals surface area contributed by atoms with Crippen LogP contribution in [0, 0.1) is 5.92 Å². The fourth-order valence-corrected chi connectivity index (χ4v) is 2.69. The Morgan fingerprint density at radius 1 is 1.28 bits per heavy atom. The van der Waals surface area contributed by atoms with Crippen molar-refractivity contribution in [2.45, 2.75) is 38.1 Å². The SMILES string of the molecule is CCNC(CC(C)C)c1cccc(S(C)(=O)=O)c1. The van der Waals surface area contributed by atoms with Crippen LogP contribution in [-0.4, -0.2) is 21.2 Å². The minimum absolute atomic E-state index is 0.219. The van der Waals surface area contributed by atoms with E-state index in [4.69, 9.17) is 0 Å². The molecule has 0 fully saturated rings. The maximum Gasteiger partial charge on any atom is 0.175 e. The van der Waals surface area contributed by atoms with Crippen LogP contribution in [0.5, 0.6) is 0 Å². The minimum atomic E-state index is -3.13. The summed E-state index contributed by atoms with van der Waals surface area (Å²) in [7, 11) is -3.13. The molecule has 1 N–H and O–H groups in total. The van der Waals surface area contributed by atoms with Gasteiger partial charge in [-0.2, -0.15) is 0 Å². The molecule has 0 radical (unpaired) electrons. The molecule has 3 nitrogen and oxygen atoms in total. The van der Waals surface area contributed by atoms with Gasteiger partial charge < -0.3 is 5.32 Å². The Labute approximate surface area is 111 Å². The molecule has 102 valence electrons. The summed E-state index contributed by atoms with van der Waals surface area (Å²) in [6.07, 6.45) is 2.25. The molecule has 0 aliphatic heterocycles. The van der Waals surface area contributed by atoms with Crippen LogP contribution in [0.4, 0.5) is 0 Å². The predicted octanol–water partition coefficient (Wildman–Crippen LogP) is 2.79. The zero-order valence-corrected chi connectivity index (χ0v) is 12.4. The van der Waals surface area contributed by atoms with Gasteiger partial charge in [-0.1, -0.05) is 32.9 Å². The summed E-state index contributed by atoms with van der Waals surface area (Å²) in [5.74, 6) is 0.566. The van der Waals surface area contributed by atoms with Gasteiger partial charge in [0.2, 0.25) is 0 Å². The average Bonchev–Trinajstić information content (AvgIpc) is 2.27. The van der Waals surface area contributed by atoms with Crippen molar-refractivity contribution in [1.29, 1.82) is 0 Å². The second-order valence-corrected chi connectivity index (χ2v) is 7.10. The number of sulfone groups is 1. The van der Waals surface area contributed by atoms with Crippen LogP contribution < -0.4 is 5.32 Å². The molecule has 18 heavy (non-hydrogen) atoms. The van der Waals surface area contributed by atoms with E-state index in [1.54, 1.807) is 12.1 Å². The van der Waals surface area contributed by atoms with Gasteiger partial charge in [0.1, 0.15) is 0 Å². The third-order valence-electron chi connectivity index (χ3n) is 2.85. The van der Waals surface area contributed by atoms with Crippen LogP contribution in [0.25, 0.3) is 0 Å². The smallest absolute Gasteiger partial charge is 0.175 e. The molecule has 0 spiro atoms. The van der Waals surface area contributed by atoms with E-state index in [9.17, 15) is 8.42 Å². The standard InChI is InChI=1S/C14H23NO2S/c1-5-15-14(9-11(2)3)12-7-6-8-13(10-12)18(4,16)17/h6-8,10-11,14-15H,5,9H2,1-4H3. The van der Waals surface area contributed by atoms with Crippen molar-refractivity contribution < 1.29 is 8.42 Å². The summed E-state index contributed by atoms with van der Waals surface area (Å²) < 4.78 is 23.1. The van der Waals surface area contributed by atoms with E-state index in [1.807, 2.05) is 12.1 Å². The second-order valence-electron chi connectivity index (χ2n) is 5.08. The van der Waals surface area contributed by atoms with E-state index in [0.717, 1.165) is 18.5 Å². The molecule has 0 bridgehead atoms. The number of rotatable bonds is 6. The molecular formula is C14H23NO2S. The number of hydrogen-bond donors (Lipinski definition) is 1. The molecule has 0 aliphatic rings. The van der Waals surface area contributed by atoms with Gasteiger partial charge in [0.25, 0.3) is 0 Å². The van der Waals surface area contributed by atoms with Crippen molar-refractivity contribution in [2.75, 3.05) is 12.8 Å². The third-order valence-corrected chi connectivity index (χ3v) is 3.96. The maximum absolute atomic E-state index is 11.6. The van der Waals surface area contributed by atoms with Crippen LogP contribution in [-0.2, 0) is 9.84 Å². The highest BCUT2D eigenvalue weighted by Gasteiger charge is 2.15. The average molecular weight is 269 g/mol. The lowest BCUT2D eigenvalue weighted by molar-refractivity contribution is 0.438. The molecule has 1 atom stereocenters. The lowest BCUT2D eigenvalue weighted by Crippen LogP contribution is -2.22. The Morgan fingerprint density at radius 2 is 1.94 bits per heavy atom. The first kappa shape index (κ1) is 15.2. The second kappa shape index (κ2) is 6.34. The highest BCUT2D eigenvalue weighted by Crippen LogP contribution is 2.23. The molecule has 0 aliphatic carbocycles. The zero-order chi connectivity index (χ0) is 13.8. The molecule has 1 aromatic rings. The summed E-state index contributed by atoms with van der Waals surface area (Å²) in [6, 6.07) is 7.46. The van der Waals surface area contributed by atoms with E-state index in [2.05, 4.69) is 26.1 Å². The molecule has 0 amide bonds. The van der Waals surface area contributed by atoms with Crippen molar-refractivity contribution in [3.05, 3.63) is 29.8 Å². The van der Waals surface area contributed by atoms with Crippen LogP contribution in [0.15, 0.2) is 29.2 Å². The number of benzene rings is 1. The Hall–Kier alpha value is -0.870. The lowest BCUT2D eigenvalue weighted by Gasteiger charge is -2.20. The summed E-state index contributed by atoms with van der Waals surface area (Å²) in [4.78, 5) is 0.395. The van der Waals surface area contributed by atoms with E-state index < -0.39 is 9.84 Å². The quantitative estimate of drug-likeness (QED) is 0.863. The van der Waals surface area contributed by atoms with E-state index in [0.29, 0.717) is 10.8 Å². The van der Waals surface area contributed by atoms with Gasteiger partial charge in [0.05, 0.1) is 4.90 Å². The van der Waals surface area contributed by atoms with Gasteiger partial charge in [0, 0.05) is 12.3 Å². The number of hydrogen-bond acceptors (Lipinski definition) is 3. The van der Waals surface area contributed by atoms with Crippen LogP contribution in [0.1, 0.15) is 38.8 Å². The summed E-state index contributed by atoms with van der Waals surface area (Å²) in [6.45, 7) is 7.28. The first-order valence-electron chi connectivity index (χ1n) is 6.38. The maximum atomic E-state index is 11.6. The Kier molecular flexibility index (Phi) is 5.35. The zero-order valence-electron chi connectivity index (χ0n) is 11.6. The predicted molar refractivity (Wildman–Crippen MR) is 75.4 cm³/mol. The van der Waals surface area contributed by atoms with Crippen molar-refractivity contribution >= 4 is 9.84 Å². The van der Waals surface area contributed by atoms with E-state index in [-0.39, 0.29) is 6.04 Å². The van der Waals surface area contributed by atoms with E-state index in [1.165, 1.54) is 6.26 Å². The Balaban J connectivity index is 3.05. The summed E-state index contributed by atoms with van der Waals surface area (Å²) in [5, 5.41) is 3.41. The molecule has 1 unspecified atom stereocenters. The summed E-state index contributed by atoms with van der Waals surface area (Å²) >= 11 is 0. The molecule has 0 heterocycles. The fourth-order valence-electron chi connectivity index (χ4n) is 2.02. The molecule has 0 saturated heterocycles. The minimum Gasteiger partial charge on any atom is -0.310 e. The molecule has 0 aromatic heterocycles. The Bertz CT molecular complexity index is 480. The summed E-state index contributed by atoms with van der Waals surface area (Å²) in [5.41, 5.74) is 1.05. The third kappa shape index (κ3) is 4.42. The first-order valence-corrected chi connectivity index (χ1v) is 8.27. The van der Waals surface area contributed by atoms with Gasteiger partial charge in [-0.25, -0.2) is 8.42 Å². The van der Waals surface area contributed by atoms with Gasteiger partial charge in [-0.3, -0.25) is 0 Å². The van der Waals surface area contributed by atoms with Gasteiger partial charge in [-0.15, -0.1) is 0 Å². The molecule has 0 saturated carbocycles. The van der Waals surface area contributed by atoms with Crippen molar-refractivity contribution in [3.8, 4) is 0 Å². The van der Waals surface area contributed by atoms with Crippen molar-refractivity contribution in [1.82, 2.24) is 5.32 Å². The van der Waals surface area contributed by atoms with Crippen LogP contribution in [0.3, 0.4) is 0 Å².